The molecule has 3 unspecified atom stereocenters. The van der Waals surface area contributed by atoms with Gasteiger partial charge in [-0.25, -0.2) is 4.98 Å². The Morgan fingerprint density at radius 3 is 2.59 bits per heavy atom. The number of rotatable bonds is 7. The van der Waals surface area contributed by atoms with Gasteiger partial charge in [-0.2, -0.15) is 17.9 Å². The molecule has 1 aliphatic rings. The van der Waals surface area contributed by atoms with Crippen LogP contribution in [0.5, 0.6) is 0 Å². The van der Waals surface area contributed by atoms with Crippen molar-refractivity contribution in [2.75, 3.05) is 18.9 Å². The number of thiol groups is 1. The molecule has 0 spiro atoms. The van der Waals surface area contributed by atoms with Crippen LogP contribution < -0.4 is 11.1 Å². The van der Waals surface area contributed by atoms with Crippen molar-refractivity contribution >= 4 is 18.3 Å². The van der Waals surface area contributed by atoms with E-state index in [9.17, 15) is 0 Å². The van der Waals surface area contributed by atoms with Crippen molar-refractivity contribution in [3.63, 3.8) is 0 Å². The molecule has 0 bridgehead atoms. The zero-order valence-corrected chi connectivity index (χ0v) is 22.9. The maximum absolute atomic E-state index is 9.12. The van der Waals surface area contributed by atoms with E-state index in [1.54, 1.807) is 0 Å². The minimum Gasteiger partial charge on any atom is -0.385 e. The molecule has 2 aromatic carbocycles. The Labute approximate surface area is 227 Å². The van der Waals surface area contributed by atoms with Crippen molar-refractivity contribution in [2.24, 2.45) is 17.6 Å². The number of nitrogens with two attached hydrogens (primary N) is 1. The number of hydrogen-bond donors (Lipinski definition) is 3. The fraction of sp³-hybridized carbons (Fsp3) is 0.333. The topological polar surface area (TPSA) is 84.6 Å². The zero-order valence-electron chi connectivity index (χ0n) is 22.0. The molecule has 0 radical (unpaired) electrons. The van der Waals surface area contributed by atoms with Gasteiger partial charge in [0.1, 0.15) is 0 Å². The Hall–Kier alpha value is -3.47. The van der Waals surface area contributed by atoms with Crippen molar-refractivity contribution in [2.45, 2.75) is 39.0 Å². The average molecular weight is 515 g/mol. The predicted octanol–water partition coefficient (Wildman–Crippen LogP) is 6.45. The van der Waals surface area contributed by atoms with E-state index in [1.165, 1.54) is 12.6 Å². The van der Waals surface area contributed by atoms with Gasteiger partial charge >= 0.3 is 0 Å². The van der Waals surface area contributed by atoms with E-state index in [0.717, 1.165) is 53.5 Å². The summed E-state index contributed by atoms with van der Waals surface area (Å²) in [6.07, 6.45) is 7.17. The summed E-state index contributed by atoms with van der Waals surface area (Å²) in [6, 6.07) is 18.8. The lowest BCUT2D eigenvalue weighted by atomic mass is 9.91. The zero-order chi connectivity index (χ0) is 26.5. The molecule has 0 aliphatic carbocycles. The standard InChI is InChI=1S/C29H31N5S.CH5N.H2/c1-4-28(35)20(3)19(2)16-32-25-9-10-26-24(13-25)18-33-17-23(22-7-5-21(15-30)6-8-22)14-27(33)29-31-11-12-34(26)29;1-2;/h5-14,17,19-20,28,32,35H,4,16,18H2,1-3H3;2H2,1H3;1H. The van der Waals surface area contributed by atoms with Crippen LogP contribution in [0.4, 0.5) is 5.69 Å². The second-order valence-corrected chi connectivity index (χ2v) is 10.3. The number of benzene rings is 2. The van der Waals surface area contributed by atoms with Crippen LogP contribution in [0.3, 0.4) is 0 Å². The molecular formula is C30H38N6S. The van der Waals surface area contributed by atoms with Crippen molar-refractivity contribution in [3.05, 3.63) is 78.2 Å². The van der Waals surface area contributed by atoms with Gasteiger partial charge in [0.15, 0.2) is 5.82 Å². The van der Waals surface area contributed by atoms with Gasteiger partial charge in [0.25, 0.3) is 0 Å². The number of aromatic nitrogens is 3. The highest BCUT2D eigenvalue weighted by molar-refractivity contribution is 7.81. The summed E-state index contributed by atoms with van der Waals surface area (Å²) in [7, 11) is 1.50. The van der Waals surface area contributed by atoms with Gasteiger partial charge in [0.05, 0.1) is 23.0 Å². The SMILES string of the molecule is CCC(S)C(C)C(C)CNc1ccc2c(c1)Cn1cc(-c3ccc(C#N)cc3)cc1-c1nccn1-2.CN.[HH]. The summed E-state index contributed by atoms with van der Waals surface area (Å²) in [4.78, 5) is 4.69. The Morgan fingerprint density at radius 2 is 1.89 bits per heavy atom. The molecule has 0 saturated carbocycles. The molecule has 0 saturated heterocycles. The van der Waals surface area contributed by atoms with Gasteiger partial charge < -0.3 is 15.6 Å². The molecule has 2 aromatic heterocycles. The minimum atomic E-state index is 0. The van der Waals surface area contributed by atoms with Crippen molar-refractivity contribution in [3.8, 4) is 34.4 Å². The van der Waals surface area contributed by atoms with Crippen LogP contribution >= 0.6 is 12.6 Å². The highest BCUT2D eigenvalue weighted by atomic mass is 32.1. The molecule has 5 rings (SSSR count). The number of imidazole rings is 1. The number of nitriles is 1. The van der Waals surface area contributed by atoms with Crippen LogP contribution in [0, 0.1) is 23.2 Å². The van der Waals surface area contributed by atoms with E-state index in [4.69, 9.17) is 22.9 Å². The number of nitrogens with zero attached hydrogens (tertiary/aromatic N) is 4. The predicted molar refractivity (Wildman–Crippen MR) is 158 cm³/mol. The molecular weight excluding hydrogens is 476 g/mol. The number of anilines is 1. The lowest BCUT2D eigenvalue weighted by molar-refractivity contribution is 0.388. The van der Waals surface area contributed by atoms with E-state index in [0.29, 0.717) is 22.6 Å². The van der Waals surface area contributed by atoms with Gasteiger partial charge in [0, 0.05) is 49.6 Å². The first-order valence-electron chi connectivity index (χ1n) is 12.9. The minimum absolute atomic E-state index is 0. The van der Waals surface area contributed by atoms with E-state index >= 15 is 0 Å². The lowest BCUT2D eigenvalue weighted by Crippen LogP contribution is -2.25. The molecule has 6 nitrogen and oxygen atoms in total. The van der Waals surface area contributed by atoms with Gasteiger partial charge in [-0.15, -0.1) is 0 Å². The molecule has 7 heteroatoms. The first-order chi connectivity index (χ1) is 18.0. The van der Waals surface area contributed by atoms with Crippen LogP contribution in [-0.2, 0) is 6.54 Å². The van der Waals surface area contributed by atoms with Gasteiger partial charge in [0.2, 0.25) is 0 Å². The van der Waals surface area contributed by atoms with Crippen LogP contribution in [-0.4, -0.2) is 33.0 Å². The molecule has 1 aliphatic heterocycles. The van der Waals surface area contributed by atoms with E-state index < -0.39 is 0 Å². The highest BCUT2D eigenvalue weighted by Crippen LogP contribution is 2.35. The number of fused-ring (bicyclic) bond motifs is 5. The van der Waals surface area contributed by atoms with Crippen LogP contribution in [0.2, 0.25) is 0 Å². The molecule has 3 N–H and O–H groups in total. The summed E-state index contributed by atoms with van der Waals surface area (Å²) < 4.78 is 4.46. The third-order valence-electron chi connectivity index (χ3n) is 7.34. The second-order valence-electron chi connectivity index (χ2n) is 9.59. The average Bonchev–Trinajstić information content (AvgIpc) is 3.57. The summed E-state index contributed by atoms with van der Waals surface area (Å²) >= 11 is 4.75. The number of hydrogen-bond acceptors (Lipinski definition) is 5. The quantitative estimate of drug-likeness (QED) is 0.218. The Morgan fingerprint density at radius 1 is 1.14 bits per heavy atom. The molecule has 4 aromatic rings. The van der Waals surface area contributed by atoms with E-state index in [-0.39, 0.29) is 1.43 Å². The third-order valence-corrected chi connectivity index (χ3v) is 8.18. The molecule has 194 valence electrons. The molecule has 3 heterocycles. The maximum Gasteiger partial charge on any atom is 0.161 e. The smallest absolute Gasteiger partial charge is 0.161 e. The molecule has 0 fully saturated rings. The van der Waals surface area contributed by atoms with Gasteiger partial charge in [-0.3, -0.25) is 4.57 Å². The van der Waals surface area contributed by atoms with Crippen LogP contribution in [0.1, 0.15) is 39.7 Å². The fourth-order valence-corrected chi connectivity index (χ4v) is 5.16. The molecule has 37 heavy (non-hydrogen) atoms. The maximum atomic E-state index is 9.12. The first-order valence-corrected chi connectivity index (χ1v) is 13.4. The highest BCUT2D eigenvalue weighted by Gasteiger charge is 2.22. The summed E-state index contributed by atoms with van der Waals surface area (Å²) in [5.41, 5.74) is 12.0. The van der Waals surface area contributed by atoms with Crippen LogP contribution in [0.15, 0.2) is 67.1 Å². The summed E-state index contributed by atoms with van der Waals surface area (Å²) in [5.74, 6) is 2.02. The Balaban J connectivity index is 0.00000130. The first kappa shape index (κ1) is 26.6. The van der Waals surface area contributed by atoms with Crippen molar-refractivity contribution in [1.82, 2.24) is 14.1 Å². The lowest BCUT2D eigenvalue weighted by Gasteiger charge is -2.25. The summed E-state index contributed by atoms with van der Waals surface area (Å²) in [6.45, 7) is 8.48. The molecule has 3 atom stereocenters. The van der Waals surface area contributed by atoms with Gasteiger partial charge in [-0.1, -0.05) is 32.9 Å². The van der Waals surface area contributed by atoms with Crippen molar-refractivity contribution < 1.29 is 1.43 Å². The normalized spacial score (nSPS) is 14.0. The largest absolute Gasteiger partial charge is 0.385 e. The fourth-order valence-electron chi connectivity index (χ4n) is 4.87. The third kappa shape index (κ3) is 5.46. The van der Waals surface area contributed by atoms with E-state index in [2.05, 4.69) is 77.5 Å². The van der Waals surface area contributed by atoms with Crippen LogP contribution in [0.25, 0.3) is 28.3 Å². The summed E-state index contributed by atoms with van der Waals surface area (Å²) in [5, 5.41) is 13.2. The monoisotopic (exact) mass is 514 g/mol. The van der Waals surface area contributed by atoms with Gasteiger partial charge in [-0.05, 0) is 72.8 Å². The second kappa shape index (κ2) is 11.7. The Bertz CT molecular complexity index is 1380. The van der Waals surface area contributed by atoms with E-state index in [1.807, 2.05) is 36.7 Å². The van der Waals surface area contributed by atoms with Crippen molar-refractivity contribution in [1.29, 1.82) is 5.26 Å². The Kier molecular flexibility index (Phi) is 8.42. The molecule has 0 amide bonds. The number of nitrogens with one attached hydrogen (secondary N) is 1.